The highest BCUT2D eigenvalue weighted by Gasteiger charge is 2.14. The molecule has 0 radical (unpaired) electrons. The highest BCUT2D eigenvalue weighted by atomic mass is 35.5. The van der Waals surface area contributed by atoms with Gasteiger partial charge in [0, 0.05) is 22.7 Å². The van der Waals surface area contributed by atoms with Gasteiger partial charge in [-0.3, -0.25) is 9.20 Å². The molecule has 112 valence electrons. The van der Waals surface area contributed by atoms with Gasteiger partial charge >= 0.3 is 5.97 Å². The molecular weight excluding hydrogens is 331 g/mol. The number of hydrogen-bond acceptors (Lipinski definition) is 5. The third-order valence-electron chi connectivity index (χ3n) is 2.86. The molecule has 2 aromatic heterocycles. The Balaban J connectivity index is 1.78. The monoisotopic (exact) mass is 338 g/mol. The number of fused-ring (bicyclic) bond motifs is 1. The van der Waals surface area contributed by atoms with Crippen molar-refractivity contribution in [1.82, 2.24) is 9.38 Å². The minimum absolute atomic E-state index is 0.187. The van der Waals surface area contributed by atoms with E-state index in [1.807, 2.05) is 0 Å². The van der Waals surface area contributed by atoms with E-state index in [2.05, 4.69) is 4.98 Å². The lowest BCUT2D eigenvalue weighted by molar-refractivity contribution is 0.0462. The van der Waals surface area contributed by atoms with E-state index in [9.17, 15) is 14.0 Å². The summed E-state index contributed by atoms with van der Waals surface area (Å²) in [6, 6.07) is 4.93. The molecule has 0 fully saturated rings. The number of hydrogen-bond donors (Lipinski definition) is 0. The van der Waals surface area contributed by atoms with E-state index < -0.39 is 11.8 Å². The molecule has 0 aliphatic heterocycles. The minimum Gasteiger partial charge on any atom is -0.455 e. The Morgan fingerprint density at radius 3 is 3.00 bits per heavy atom. The molecule has 22 heavy (non-hydrogen) atoms. The molecule has 1 aromatic carbocycles. The predicted molar refractivity (Wildman–Crippen MR) is 79.9 cm³/mol. The second-order valence-corrected chi connectivity index (χ2v) is 5.65. The smallest absolute Gasteiger partial charge is 0.341 e. The first kappa shape index (κ1) is 14.7. The second-order valence-electron chi connectivity index (χ2n) is 4.34. The lowest BCUT2D eigenvalue weighted by Gasteiger charge is -2.05. The number of thiazole rings is 1. The lowest BCUT2D eigenvalue weighted by atomic mass is 10.2. The number of carbonyl (C=O) groups excluding carboxylic acids is 1. The van der Waals surface area contributed by atoms with Gasteiger partial charge in [-0.1, -0.05) is 11.6 Å². The first-order valence-corrected chi connectivity index (χ1v) is 7.38. The molecule has 0 saturated heterocycles. The van der Waals surface area contributed by atoms with Gasteiger partial charge in [-0.25, -0.2) is 14.2 Å². The van der Waals surface area contributed by atoms with Gasteiger partial charge < -0.3 is 4.74 Å². The van der Waals surface area contributed by atoms with Gasteiger partial charge in [0.15, 0.2) is 4.96 Å². The number of carbonyl (C=O) groups is 1. The molecule has 0 spiro atoms. The van der Waals surface area contributed by atoms with E-state index >= 15 is 0 Å². The SMILES string of the molecule is O=C(OCc1cc(=O)n2ccsc2n1)c1ccc(Cl)cc1F. The highest BCUT2D eigenvalue weighted by Crippen LogP contribution is 2.16. The maximum atomic E-state index is 13.6. The Morgan fingerprint density at radius 2 is 2.23 bits per heavy atom. The molecule has 0 atom stereocenters. The molecule has 0 saturated carbocycles. The summed E-state index contributed by atoms with van der Waals surface area (Å²) in [6.45, 7) is -0.218. The molecule has 0 bridgehead atoms. The van der Waals surface area contributed by atoms with Crippen LogP contribution in [0.3, 0.4) is 0 Å². The fourth-order valence-corrected chi connectivity index (χ4v) is 2.73. The largest absolute Gasteiger partial charge is 0.455 e. The normalized spacial score (nSPS) is 10.8. The van der Waals surface area contributed by atoms with Crippen molar-refractivity contribution in [2.45, 2.75) is 6.61 Å². The second kappa shape index (κ2) is 5.86. The summed E-state index contributed by atoms with van der Waals surface area (Å²) >= 11 is 6.91. The number of rotatable bonds is 3. The molecule has 0 aliphatic carbocycles. The van der Waals surface area contributed by atoms with Crippen LogP contribution in [0.4, 0.5) is 4.39 Å². The minimum atomic E-state index is -0.845. The zero-order valence-corrected chi connectivity index (χ0v) is 12.5. The molecule has 0 N–H and O–H groups in total. The van der Waals surface area contributed by atoms with Gasteiger partial charge in [0.05, 0.1) is 11.3 Å². The van der Waals surface area contributed by atoms with E-state index in [1.165, 1.54) is 33.9 Å². The van der Waals surface area contributed by atoms with Crippen molar-refractivity contribution in [3.63, 3.8) is 0 Å². The van der Waals surface area contributed by atoms with Crippen LogP contribution in [0, 0.1) is 5.82 Å². The van der Waals surface area contributed by atoms with Crippen LogP contribution in [0.5, 0.6) is 0 Å². The van der Waals surface area contributed by atoms with Crippen molar-refractivity contribution in [3.8, 4) is 0 Å². The van der Waals surface area contributed by atoms with Crippen molar-refractivity contribution in [3.05, 3.63) is 68.3 Å². The standard InChI is InChI=1S/C14H8ClFN2O3S/c15-8-1-2-10(11(16)5-8)13(20)21-7-9-6-12(19)18-3-4-22-14(18)17-9/h1-6H,7H2. The van der Waals surface area contributed by atoms with Crippen molar-refractivity contribution < 1.29 is 13.9 Å². The van der Waals surface area contributed by atoms with E-state index in [0.29, 0.717) is 10.7 Å². The fraction of sp³-hybridized carbons (Fsp3) is 0.0714. The number of halogens is 2. The summed E-state index contributed by atoms with van der Waals surface area (Å²) in [5.41, 5.74) is -0.191. The first-order valence-electron chi connectivity index (χ1n) is 6.12. The Labute approximate surface area is 132 Å². The maximum Gasteiger partial charge on any atom is 0.341 e. The van der Waals surface area contributed by atoms with Crippen molar-refractivity contribution in [2.24, 2.45) is 0 Å². The molecular formula is C14H8ClFN2O3S. The Bertz CT molecular complexity index is 922. The Morgan fingerprint density at radius 1 is 1.41 bits per heavy atom. The van der Waals surface area contributed by atoms with E-state index in [1.54, 1.807) is 11.6 Å². The first-order chi connectivity index (χ1) is 10.5. The molecule has 0 aliphatic rings. The quantitative estimate of drug-likeness (QED) is 0.689. The number of nitrogens with zero attached hydrogens (tertiary/aromatic N) is 2. The average Bonchev–Trinajstić information content (AvgIpc) is 2.93. The van der Waals surface area contributed by atoms with Gasteiger partial charge in [-0.2, -0.15) is 0 Å². The van der Waals surface area contributed by atoms with E-state index in [0.717, 1.165) is 6.07 Å². The predicted octanol–water partition coefficient (Wildman–Crippen LogP) is 2.91. The van der Waals surface area contributed by atoms with Crippen LogP contribution in [-0.4, -0.2) is 15.4 Å². The molecule has 8 heteroatoms. The molecule has 0 amide bonds. The number of aromatic nitrogens is 2. The highest BCUT2D eigenvalue weighted by molar-refractivity contribution is 7.15. The number of benzene rings is 1. The molecule has 3 aromatic rings. The van der Waals surface area contributed by atoms with Gasteiger partial charge in [-0.15, -0.1) is 11.3 Å². The van der Waals surface area contributed by atoms with Crippen LogP contribution in [0.1, 0.15) is 16.1 Å². The third kappa shape index (κ3) is 2.86. The molecule has 2 heterocycles. The number of esters is 1. The summed E-state index contributed by atoms with van der Waals surface area (Å²) in [6.07, 6.45) is 1.61. The van der Waals surface area contributed by atoms with Crippen LogP contribution < -0.4 is 5.56 Å². The summed E-state index contributed by atoms with van der Waals surface area (Å²) in [5.74, 6) is -1.61. The van der Waals surface area contributed by atoms with Crippen LogP contribution in [0.2, 0.25) is 5.02 Å². The average molecular weight is 339 g/mol. The van der Waals surface area contributed by atoms with Gasteiger partial charge in [0.25, 0.3) is 5.56 Å². The van der Waals surface area contributed by atoms with Gasteiger partial charge in [-0.05, 0) is 18.2 Å². The van der Waals surface area contributed by atoms with Crippen LogP contribution in [-0.2, 0) is 11.3 Å². The zero-order chi connectivity index (χ0) is 15.7. The molecule has 3 rings (SSSR count). The topological polar surface area (TPSA) is 60.7 Å². The maximum absolute atomic E-state index is 13.6. The van der Waals surface area contributed by atoms with Crippen LogP contribution in [0.15, 0.2) is 40.6 Å². The van der Waals surface area contributed by atoms with Crippen molar-refractivity contribution in [1.29, 1.82) is 0 Å². The zero-order valence-electron chi connectivity index (χ0n) is 11.0. The molecule has 0 unspecified atom stereocenters. The van der Waals surface area contributed by atoms with Gasteiger partial charge in [0.1, 0.15) is 12.4 Å². The van der Waals surface area contributed by atoms with E-state index in [-0.39, 0.29) is 22.8 Å². The van der Waals surface area contributed by atoms with Crippen LogP contribution >= 0.6 is 22.9 Å². The van der Waals surface area contributed by atoms with Crippen molar-refractivity contribution in [2.75, 3.05) is 0 Å². The molecule has 5 nitrogen and oxygen atoms in total. The Kier molecular flexibility index (Phi) is 3.91. The summed E-state index contributed by atoms with van der Waals surface area (Å²) < 4.78 is 20.0. The fourth-order valence-electron chi connectivity index (χ4n) is 1.83. The van der Waals surface area contributed by atoms with Crippen molar-refractivity contribution >= 4 is 33.9 Å². The summed E-state index contributed by atoms with van der Waals surface area (Å²) in [4.78, 5) is 28.3. The van der Waals surface area contributed by atoms with E-state index in [4.69, 9.17) is 16.3 Å². The number of ether oxygens (including phenoxy) is 1. The summed E-state index contributed by atoms with van der Waals surface area (Å²) in [7, 11) is 0. The Hall–Kier alpha value is -2.25. The third-order valence-corrected chi connectivity index (χ3v) is 3.85. The lowest BCUT2D eigenvalue weighted by Crippen LogP contribution is -2.15. The van der Waals surface area contributed by atoms with Gasteiger partial charge in [0.2, 0.25) is 0 Å². The van der Waals surface area contributed by atoms with Crippen LogP contribution in [0.25, 0.3) is 4.96 Å². The summed E-state index contributed by atoms with van der Waals surface area (Å²) in [5, 5.41) is 1.91.